The third-order valence-corrected chi connectivity index (χ3v) is 5.10. The Morgan fingerprint density at radius 3 is 2.65 bits per heavy atom. The predicted octanol–water partition coefficient (Wildman–Crippen LogP) is 1.84. The number of piperidine rings is 1. The Balaban J connectivity index is 2.10. The van der Waals surface area contributed by atoms with E-state index in [2.05, 4.69) is 4.72 Å². The van der Waals surface area contributed by atoms with Gasteiger partial charge in [0, 0.05) is 24.7 Å². The molecule has 0 spiro atoms. The summed E-state index contributed by atoms with van der Waals surface area (Å²) in [5.74, 6) is -0.549. The van der Waals surface area contributed by atoms with Crippen molar-refractivity contribution in [2.45, 2.75) is 12.8 Å². The summed E-state index contributed by atoms with van der Waals surface area (Å²) >= 11 is 5.73. The molecular weight excluding hydrogens is 307 g/mol. The normalized spacial score (nSPS) is 18.1. The van der Waals surface area contributed by atoms with Gasteiger partial charge in [0.1, 0.15) is 5.82 Å². The second-order valence-electron chi connectivity index (χ2n) is 4.76. The van der Waals surface area contributed by atoms with Crippen LogP contribution >= 0.6 is 11.6 Å². The van der Waals surface area contributed by atoms with Gasteiger partial charge in [0.15, 0.2) is 0 Å². The van der Waals surface area contributed by atoms with E-state index >= 15 is 0 Å². The highest BCUT2D eigenvalue weighted by Gasteiger charge is 2.28. The molecule has 8 heteroatoms. The van der Waals surface area contributed by atoms with E-state index in [0.717, 1.165) is 6.07 Å². The van der Waals surface area contributed by atoms with Crippen LogP contribution in [0.4, 0.5) is 10.1 Å². The van der Waals surface area contributed by atoms with Gasteiger partial charge in [-0.1, -0.05) is 11.6 Å². The first-order chi connectivity index (χ1) is 9.42. The fourth-order valence-electron chi connectivity index (χ4n) is 2.11. The number of aliphatic hydroxyl groups excluding tert-OH is 1. The predicted molar refractivity (Wildman–Crippen MR) is 75.3 cm³/mol. The Kier molecular flexibility index (Phi) is 4.85. The Morgan fingerprint density at radius 2 is 2.05 bits per heavy atom. The van der Waals surface area contributed by atoms with Crippen LogP contribution in [-0.2, 0) is 10.2 Å². The Labute approximate surface area is 122 Å². The summed E-state index contributed by atoms with van der Waals surface area (Å²) in [6, 6.07) is 3.69. The summed E-state index contributed by atoms with van der Waals surface area (Å²) in [7, 11) is -3.80. The highest BCUT2D eigenvalue weighted by molar-refractivity contribution is 7.90. The quantitative estimate of drug-likeness (QED) is 0.888. The van der Waals surface area contributed by atoms with Gasteiger partial charge in [-0.25, -0.2) is 4.39 Å². The van der Waals surface area contributed by atoms with Crippen LogP contribution in [0, 0.1) is 11.7 Å². The molecule has 0 atom stereocenters. The number of halogens is 2. The summed E-state index contributed by atoms with van der Waals surface area (Å²) in [5.41, 5.74) is -0.165. The average molecular weight is 323 g/mol. The van der Waals surface area contributed by atoms with Crippen LogP contribution in [0.5, 0.6) is 0 Å². The molecular formula is C12H16ClFN2O3S. The number of benzene rings is 1. The summed E-state index contributed by atoms with van der Waals surface area (Å²) in [4.78, 5) is 0. The lowest BCUT2D eigenvalue weighted by Crippen LogP contribution is -2.42. The van der Waals surface area contributed by atoms with Gasteiger partial charge in [-0.2, -0.15) is 12.7 Å². The lowest BCUT2D eigenvalue weighted by molar-refractivity contribution is 0.170. The lowest BCUT2D eigenvalue weighted by atomic mass is 10.00. The topological polar surface area (TPSA) is 69.6 Å². The van der Waals surface area contributed by atoms with Crippen molar-refractivity contribution in [1.29, 1.82) is 0 Å². The van der Waals surface area contributed by atoms with Gasteiger partial charge in [-0.3, -0.25) is 4.72 Å². The van der Waals surface area contributed by atoms with E-state index in [9.17, 15) is 12.8 Å². The van der Waals surface area contributed by atoms with Gasteiger partial charge in [0.2, 0.25) is 0 Å². The van der Waals surface area contributed by atoms with Crippen molar-refractivity contribution in [3.05, 3.63) is 29.0 Å². The van der Waals surface area contributed by atoms with Crippen LogP contribution in [0.25, 0.3) is 0 Å². The van der Waals surface area contributed by atoms with Crippen molar-refractivity contribution in [3.8, 4) is 0 Å². The third-order valence-electron chi connectivity index (χ3n) is 3.34. The number of hydrogen-bond acceptors (Lipinski definition) is 3. The monoisotopic (exact) mass is 322 g/mol. The number of aliphatic hydroxyl groups is 1. The van der Waals surface area contributed by atoms with E-state index in [4.69, 9.17) is 16.7 Å². The number of rotatable bonds is 4. The molecule has 1 aliphatic rings. The summed E-state index contributed by atoms with van der Waals surface area (Å²) in [6.07, 6.45) is 1.19. The standard InChI is InChI=1S/C12H16ClFN2O3S/c13-10-1-2-11(14)12(7-10)15-20(18,19)16-5-3-9(8-17)4-6-16/h1-2,7,9,15,17H,3-6,8H2. The maximum absolute atomic E-state index is 13.5. The van der Waals surface area contributed by atoms with Crippen molar-refractivity contribution in [3.63, 3.8) is 0 Å². The number of nitrogens with zero attached hydrogens (tertiary/aromatic N) is 1. The maximum Gasteiger partial charge on any atom is 0.301 e. The Bertz CT molecular complexity index is 574. The van der Waals surface area contributed by atoms with E-state index < -0.39 is 16.0 Å². The molecule has 0 saturated carbocycles. The van der Waals surface area contributed by atoms with E-state index in [1.165, 1.54) is 16.4 Å². The second-order valence-corrected chi connectivity index (χ2v) is 6.86. The van der Waals surface area contributed by atoms with E-state index in [-0.39, 0.29) is 23.2 Å². The van der Waals surface area contributed by atoms with Crippen molar-refractivity contribution < 1.29 is 17.9 Å². The smallest absolute Gasteiger partial charge is 0.301 e. The second kappa shape index (κ2) is 6.26. The zero-order valence-electron chi connectivity index (χ0n) is 10.7. The Morgan fingerprint density at radius 1 is 1.40 bits per heavy atom. The summed E-state index contributed by atoms with van der Waals surface area (Å²) in [5, 5.41) is 9.29. The molecule has 1 saturated heterocycles. The average Bonchev–Trinajstić information content (AvgIpc) is 2.43. The van der Waals surface area contributed by atoms with Crippen LogP contribution in [-0.4, -0.2) is 37.5 Å². The van der Waals surface area contributed by atoms with Gasteiger partial charge >= 0.3 is 10.2 Å². The third kappa shape index (κ3) is 3.60. The van der Waals surface area contributed by atoms with E-state index in [1.54, 1.807) is 0 Å². The van der Waals surface area contributed by atoms with Crippen molar-refractivity contribution in [1.82, 2.24) is 4.31 Å². The van der Waals surface area contributed by atoms with Crippen LogP contribution in [0.1, 0.15) is 12.8 Å². The Hall–Kier alpha value is -0.890. The van der Waals surface area contributed by atoms with Crippen LogP contribution in [0.15, 0.2) is 18.2 Å². The van der Waals surface area contributed by atoms with Gasteiger partial charge in [0.05, 0.1) is 5.69 Å². The van der Waals surface area contributed by atoms with E-state index in [1.807, 2.05) is 0 Å². The number of hydrogen-bond donors (Lipinski definition) is 2. The first-order valence-electron chi connectivity index (χ1n) is 6.26. The number of nitrogens with one attached hydrogen (secondary N) is 1. The highest BCUT2D eigenvalue weighted by atomic mass is 35.5. The molecule has 2 rings (SSSR count). The molecule has 0 aliphatic carbocycles. The molecule has 1 aliphatic heterocycles. The molecule has 0 amide bonds. The molecule has 0 aromatic heterocycles. The molecule has 0 radical (unpaired) electrons. The van der Waals surface area contributed by atoms with Crippen molar-refractivity contribution >= 4 is 27.5 Å². The molecule has 0 unspecified atom stereocenters. The minimum atomic E-state index is -3.80. The minimum Gasteiger partial charge on any atom is -0.396 e. The first kappa shape index (κ1) is 15.5. The van der Waals surface area contributed by atoms with Crippen molar-refractivity contribution in [2.24, 2.45) is 5.92 Å². The summed E-state index contributed by atoms with van der Waals surface area (Å²) < 4.78 is 41.3. The molecule has 2 N–H and O–H groups in total. The van der Waals surface area contributed by atoms with Gasteiger partial charge in [-0.05, 0) is 37.0 Å². The highest BCUT2D eigenvalue weighted by Crippen LogP contribution is 2.24. The first-order valence-corrected chi connectivity index (χ1v) is 8.08. The van der Waals surface area contributed by atoms with Gasteiger partial charge in [-0.15, -0.1) is 0 Å². The molecule has 0 bridgehead atoms. The van der Waals surface area contributed by atoms with Crippen LogP contribution in [0.3, 0.4) is 0 Å². The summed E-state index contributed by atoms with van der Waals surface area (Å²) in [6.45, 7) is 0.676. The fraction of sp³-hybridized carbons (Fsp3) is 0.500. The molecule has 1 fully saturated rings. The van der Waals surface area contributed by atoms with Crippen LogP contribution in [0.2, 0.25) is 5.02 Å². The zero-order chi connectivity index (χ0) is 14.8. The SMILES string of the molecule is O=S(=O)(Nc1cc(Cl)ccc1F)N1CCC(CO)CC1. The van der Waals surface area contributed by atoms with Gasteiger partial charge < -0.3 is 5.11 Å². The lowest BCUT2D eigenvalue weighted by Gasteiger charge is -2.30. The van der Waals surface area contributed by atoms with Gasteiger partial charge in [0.25, 0.3) is 0 Å². The molecule has 1 heterocycles. The minimum absolute atomic E-state index is 0.0598. The maximum atomic E-state index is 13.5. The number of anilines is 1. The molecule has 1 aromatic carbocycles. The van der Waals surface area contributed by atoms with Crippen molar-refractivity contribution in [2.75, 3.05) is 24.4 Å². The van der Waals surface area contributed by atoms with E-state index in [0.29, 0.717) is 25.9 Å². The largest absolute Gasteiger partial charge is 0.396 e. The molecule has 112 valence electrons. The molecule has 20 heavy (non-hydrogen) atoms. The molecule has 5 nitrogen and oxygen atoms in total. The fourth-order valence-corrected chi connectivity index (χ4v) is 3.54. The zero-order valence-corrected chi connectivity index (χ0v) is 12.3. The van der Waals surface area contributed by atoms with Crippen LogP contribution < -0.4 is 4.72 Å². The molecule has 1 aromatic rings.